The molecule has 1 saturated carbocycles. The lowest BCUT2D eigenvalue weighted by molar-refractivity contribution is 0.107. The average molecular weight is 456 g/mol. The fourth-order valence-electron chi connectivity index (χ4n) is 3.64. The molecule has 7 heteroatoms. The van der Waals surface area contributed by atoms with Crippen molar-refractivity contribution in [3.63, 3.8) is 0 Å². The number of nitrogens with zero attached hydrogens (tertiary/aromatic N) is 2. The largest absolute Gasteiger partial charge is 0.383 e. The summed E-state index contributed by atoms with van der Waals surface area (Å²) in [6.07, 6.45) is 5.35. The van der Waals surface area contributed by atoms with Crippen molar-refractivity contribution >= 4 is 41.7 Å². The number of aliphatic imine (C=N–C) groups is 1. The predicted molar refractivity (Wildman–Crippen MR) is 111 cm³/mol. The molecule has 0 aromatic rings. The fraction of sp³-hybridized carbons (Fsp3) is 0.938. The molecule has 136 valence electrons. The van der Waals surface area contributed by atoms with E-state index >= 15 is 0 Å². The highest BCUT2D eigenvalue weighted by atomic mass is 127. The van der Waals surface area contributed by atoms with Gasteiger partial charge in [0.2, 0.25) is 0 Å². The van der Waals surface area contributed by atoms with E-state index in [1.165, 1.54) is 50.3 Å². The molecule has 0 radical (unpaired) electrons. The topological polar surface area (TPSA) is 48.9 Å². The van der Waals surface area contributed by atoms with Gasteiger partial charge < -0.3 is 15.4 Å². The number of rotatable bonds is 6. The maximum Gasteiger partial charge on any atom is 0.191 e. The Bertz CT molecular complexity index is 358. The van der Waals surface area contributed by atoms with Crippen molar-refractivity contribution in [1.29, 1.82) is 0 Å². The molecular formula is C16H33IN4OS. The number of guanidine groups is 1. The average Bonchev–Trinajstić information content (AvgIpc) is 3.02. The van der Waals surface area contributed by atoms with Crippen LogP contribution in [-0.4, -0.2) is 74.3 Å². The van der Waals surface area contributed by atoms with Crippen LogP contribution in [0.15, 0.2) is 4.99 Å². The lowest BCUT2D eigenvalue weighted by Crippen LogP contribution is -2.58. The summed E-state index contributed by atoms with van der Waals surface area (Å²) in [6, 6.07) is 0.266. The maximum absolute atomic E-state index is 5.19. The molecule has 1 unspecified atom stereocenters. The maximum atomic E-state index is 5.19. The van der Waals surface area contributed by atoms with E-state index in [1.54, 1.807) is 7.11 Å². The Morgan fingerprint density at radius 1 is 1.30 bits per heavy atom. The van der Waals surface area contributed by atoms with Crippen LogP contribution in [0.3, 0.4) is 0 Å². The summed E-state index contributed by atoms with van der Waals surface area (Å²) in [4.78, 5) is 7.10. The third kappa shape index (κ3) is 6.25. The van der Waals surface area contributed by atoms with Gasteiger partial charge in [0.25, 0.3) is 0 Å². The van der Waals surface area contributed by atoms with E-state index in [-0.39, 0.29) is 30.0 Å². The van der Waals surface area contributed by atoms with Gasteiger partial charge in [0.1, 0.15) is 0 Å². The van der Waals surface area contributed by atoms with Gasteiger partial charge in [0.05, 0.1) is 6.61 Å². The second-order valence-corrected chi connectivity index (χ2v) is 7.68. The first-order valence-corrected chi connectivity index (χ1v) is 9.64. The van der Waals surface area contributed by atoms with Crippen LogP contribution in [-0.2, 0) is 4.74 Å². The van der Waals surface area contributed by atoms with Crippen molar-refractivity contribution in [2.45, 2.75) is 44.2 Å². The van der Waals surface area contributed by atoms with E-state index in [0.717, 1.165) is 12.5 Å². The zero-order chi connectivity index (χ0) is 15.8. The van der Waals surface area contributed by atoms with E-state index in [1.807, 2.05) is 7.05 Å². The third-order valence-corrected chi connectivity index (χ3v) is 5.77. The van der Waals surface area contributed by atoms with Crippen LogP contribution < -0.4 is 10.6 Å². The molecule has 0 aromatic heterocycles. The summed E-state index contributed by atoms with van der Waals surface area (Å²) >= 11 is 2.09. The fourth-order valence-corrected chi connectivity index (χ4v) is 4.55. The lowest BCUT2D eigenvalue weighted by atomic mass is 9.94. The number of halogens is 1. The molecule has 1 aliphatic carbocycles. The van der Waals surface area contributed by atoms with Crippen LogP contribution in [0.25, 0.3) is 0 Å². The van der Waals surface area contributed by atoms with Crippen LogP contribution >= 0.6 is 35.7 Å². The summed E-state index contributed by atoms with van der Waals surface area (Å²) in [6.45, 7) is 6.27. The van der Waals surface area contributed by atoms with Crippen LogP contribution in [0.2, 0.25) is 0 Å². The number of hydrogen-bond donors (Lipinski definition) is 2. The Hall–Kier alpha value is 0.270. The quantitative estimate of drug-likeness (QED) is 0.365. The Labute approximate surface area is 162 Å². The zero-order valence-corrected chi connectivity index (χ0v) is 17.9. The standard InChI is InChI=1S/C16H32N4OS.HI/c1-14(12-21-3)19-15(17-2)18-13-16(6-4-5-7-16)20-8-10-22-11-9-20;/h14H,4-13H2,1-3H3,(H2,17,18,19);1H. The van der Waals surface area contributed by atoms with E-state index in [2.05, 4.69) is 39.2 Å². The molecule has 1 saturated heterocycles. The minimum Gasteiger partial charge on any atom is -0.383 e. The van der Waals surface area contributed by atoms with Gasteiger partial charge in [-0.15, -0.1) is 24.0 Å². The van der Waals surface area contributed by atoms with E-state index in [9.17, 15) is 0 Å². The Morgan fingerprint density at radius 2 is 1.96 bits per heavy atom. The number of nitrogens with one attached hydrogen (secondary N) is 2. The molecule has 0 bridgehead atoms. The SMILES string of the molecule is CN=C(NCC1(N2CCSCC2)CCCC1)NC(C)COC.I. The predicted octanol–water partition coefficient (Wildman–Crippen LogP) is 2.17. The molecule has 1 atom stereocenters. The molecular weight excluding hydrogens is 423 g/mol. The molecule has 2 aliphatic rings. The summed E-state index contributed by atoms with van der Waals surface area (Å²) in [7, 11) is 3.57. The van der Waals surface area contributed by atoms with E-state index in [4.69, 9.17) is 4.74 Å². The molecule has 0 aromatic carbocycles. The molecule has 2 N–H and O–H groups in total. The molecule has 2 fully saturated rings. The summed E-state index contributed by atoms with van der Waals surface area (Å²) < 4.78 is 5.19. The van der Waals surface area contributed by atoms with Crippen molar-refractivity contribution in [1.82, 2.24) is 15.5 Å². The highest BCUT2D eigenvalue weighted by molar-refractivity contribution is 14.0. The van der Waals surface area contributed by atoms with Gasteiger partial charge in [0.15, 0.2) is 5.96 Å². The normalized spacial score (nSPS) is 23.2. The Kier molecular flexibility index (Phi) is 10.2. The first-order valence-electron chi connectivity index (χ1n) is 8.49. The molecule has 23 heavy (non-hydrogen) atoms. The first kappa shape index (κ1) is 21.3. The number of ether oxygens (including phenoxy) is 1. The van der Waals surface area contributed by atoms with Crippen LogP contribution in [0.1, 0.15) is 32.6 Å². The van der Waals surface area contributed by atoms with Crippen LogP contribution in [0, 0.1) is 0 Å². The van der Waals surface area contributed by atoms with Gasteiger partial charge >= 0.3 is 0 Å². The Balaban J connectivity index is 0.00000264. The Morgan fingerprint density at radius 3 is 2.52 bits per heavy atom. The van der Waals surface area contributed by atoms with Gasteiger partial charge in [-0.1, -0.05) is 12.8 Å². The third-order valence-electron chi connectivity index (χ3n) is 4.82. The van der Waals surface area contributed by atoms with Crippen molar-refractivity contribution < 1.29 is 4.74 Å². The molecule has 0 spiro atoms. The van der Waals surface area contributed by atoms with Crippen molar-refractivity contribution in [3.8, 4) is 0 Å². The first-order chi connectivity index (χ1) is 10.7. The van der Waals surface area contributed by atoms with E-state index < -0.39 is 0 Å². The number of thioether (sulfide) groups is 1. The minimum absolute atomic E-state index is 0. The van der Waals surface area contributed by atoms with Crippen molar-refractivity contribution in [2.75, 3.05) is 51.9 Å². The van der Waals surface area contributed by atoms with Crippen LogP contribution in [0.5, 0.6) is 0 Å². The number of methoxy groups -OCH3 is 1. The monoisotopic (exact) mass is 456 g/mol. The van der Waals surface area contributed by atoms with Gasteiger partial charge in [-0.2, -0.15) is 11.8 Å². The summed E-state index contributed by atoms with van der Waals surface area (Å²) in [5.41, 5.74) is 0.336. The summed E-state index contributed by atoms with van der Waals surface area (Å²) in [5.74, 6) is 3.45. The van der Waals surface area contributed by atoms with E-state index in [0.29, 0.717) is 12.1 Å². The molecule has 1 aliphatic heterocycles. The molecule has 0 amide bonds. The highest BCUT2D eigenvalue weighted by Gasteiger charge is 2.39. The van der Waals surface area contributed by atoms with Crippen LogP contribution in [0.4, 0.5) is 0 Å². The second-order valence-electron chi connectivity index (χ2n) is 6.46. The minimum atomic E-state index is 0. The van der Waals surface area contributed by atoms with Crippen molar-refractivity contribution in [2.24, 2.45) is 4.99 Å². The molecule has 1 heterocycles. The van der Waals surface area contributed by atoms with Gasteiger partial charge in [-0.3, -0.25) is 9.89 Å². The number of hydrogen-bond acceptors (Lipinski definition) is 4. The molecule has 2 rings (SSSR count). The second kappa shape index (κ2) is 11.0. The smallest absolute Gasteiger partial charge is 0.191 e. The van der Waals surface area contributed by atoms with Crippen molar-refractivity contribution in [3.05, 3.63) is 0 Å². The zero-order valence-electron chi connectivity index (χ0n) is 14.8. The highest BCUT2D eigenvalue weighted by Crippen LogP contribution is 2.36. The molecule has 5 nitrogen and oxygen atoms in total. The van der Waals surface area contributed by atoms with Gasteiger partial charge in [0, 0.05) is 56.9 Å². The van der Waals surface area contributed by atoms with Gasteiger partial charge in [-0.05, 0) is 19.8 Å². The lowest BCUT2D eigenvalue weighted by Gasteiger charge is -2.43. The van der Waals surface area contributed by atoms with Gasteiger partial charge in [-0.25, -0.2) is 0 Å². The summed E-state index contributed by atoms with van der Waals surface area (Å²) in [5, 5.41) is 6.98.